The zero-order valence-corrected chi connectivity index (χ0v) is 15.0. The fraction of sp³-hybridized carbons (Fsp3) is 0.667. The maximum atomic E-state index is 12.3. The van der Waals surface area contributed by atoms with Gasteiger partial charge in [0.05, 0.1) is 6.10 Å². The van der Waals surface area contributed by atoms with E-state index < -0.39 is 0 Å². The highest BCUT2D eigenvalue weighted by molar-refractivity contribution is 5.82. The summed E-state index contributed by atoms with van der Waals surface area (Å²) in [6.45, 7) is 2.35. The van der Waals surface area contributed by atoms with Gasteiger partial charge in [0.25, 0.3) is 0 Å². The predicted octanol–water partition coefficient (Wildman–Crippen LogP) is 3.48. The molecule has 2 saturated carbocycles. The molecule has 1 spiro atoms. The molecule has 2 aliphatic carbocycles. The van der Waals surface area contributed by atoms with Crippen molar-refractivity contribution in [3.63, 3.8) is 0 Å². The van der Waals surface area contributed by atoms with Crippen molar-refractivity contribution in [3.8, 4) is 5.75 Å². The van der Waals surface area contributed by atoms with Gasteiger partial charge in [0, 0.05) is 25.7 Å². The van der Waals surface area contributed by atoms with Gasteiger partial charge in [0.1, 0.15) is 5.75 Å². The van der Waals surface area contributed by atoms with Crippen molar-refractivity contribution >= 4 is 5.91 Å². The topological polar surface area (TPSA) is 47.6 Å². The lowest BCUT2D eigenvalue weighted by Gasteiger charge is -2.22. The van der Waals surface area contributed by atoms with Crippen LogP contribution in [0.5, 0.6) is 5.75 Å². The molecule has 1 atom stereocenters. The standard InChI is InChI=1S/C21H29NO3/c23-20(19-15-21(19)10-13-24-14-11-21)22-12-9-16-5-7-18(8-6-16)25-17-3-1-2-4-17/h5-8,17,19H,1-4,9-15H2,(H,22,23)/t19-/m1/s1. The molecule has 4 nitrogen and oxygen atoms in total. The Balaban J connectivity index is 1.19. The first-order valence-corrected chi connectivity index (χ1v) is 9.86. The van der Waals surface area contributed by atoms with Crippen LogP contribution >= 0.6 is 0 Å². The van der Waals surface area contributed by atoms with Crippen molar-refractivity contribution in [1.82, 2.24) is 5.32 Å². The minimum absolute atomic E-state index is 0.221. The second-order valence-electron chi connectivity index (χ2n) is 7.94. The van der Waals surface area contributed by atoms with Crippen molar-refractivity contribution < 1.29 is 14.3 Å². The second kappa shape index (κ2) is 7.36. The van der Waals surface area contributed by atoms with Gasteiger partial charge in [0.15, 0.2) is 0 Å². The smallest absolute Gasteiger partial charge is 0.223 e. The first kappa shape index (κ1) is 16.9. The lowest BCUT2D eigenvalue weighted by molar-refractivity contribution is -0.123. The first-order valence-electron chi connectivity index (χ1n) is 9.86. The molecule has 1 aromatic carbocycles. The summed E-state index contributed by atoms with van der Waals surface area (Å²) >= 11 is 0. The summed E-state index contributed by atoms with van der Waals surface area (Å²) in [4.78, 5) is 12.3. The molecule has 3 aliphatic rings. The van der Waals surface area contributed by atoms with E-state index in [2.05, 4.69) is 29.6 Å². The summed E-state index contributed by atoms with van der Waals surface area (Å²) in [5.74, 6) is 1.43. The van der Waals surface area contributed by atoms with Gasteiger partial charge in [-0.25, -0.2) is 0 Å². The lowest BCUT2D eigenvalue weighted by atomic mass is 9.93. The van der Waals surface area contributed by atoms with Gasteiger partial charge in [-0.3, -0.25) is 4.79 Å². The Morgan fingerprint density at radius 1 is 1.16 bits per heavy atom. The molecule has 1 heterocycles. The predicted molar refractivity (Wildman–Crippen MR) is 96.6 cm³/mol. The number of benzene rings is 1. The molecule has 25 heavy (non-hydrogen) atoms. The number of hydrogen-bond acceptors (Lipinski definition) is 3. The zero-order chi connectivity index (χ0) is 17.1. The third kappa shape index (κ3) is 4.00. The normalized spacial score (nSPS) is 25.0. The maximum Gasteiger partial charge on any atom is 0.223 e. The van der Waals surface area contributed by atoms with Crippen LogP contribution in [0.4, 0.5) is 0 Å². The van der Waals surface area contributed by atoms with Gasteiger partial charge in [0.2, 0.25) is 5.91 Å². The fourth-order valence-corrected chi connectivity index (χ4v) is 4.44. The molecule has 0 bridgehead atoms. The lowest BCUT2D eigenvalue weighted by Crippen LogP contribution is -2.31. The monoisotopic (exact) mass is 343 g/mol. The Labute approximate surface area is 150 Å². The number of hydrogen-bond donors (Lipinski definition) is 1. The number of carbonyl (C=O) groups is 1. The van der Waals surface area contributed by atoms with Crippen LogP contribution in [0.15, 0.2) is 24.3 Å². The van der Waals surface area contributed by atoms with Crippen molar-refractivity contribution in [2.45, 2.75) is 57.5 Å². The van der Waals surface area contributed by atoms with Crippen molar-refractivity contribution in [3.05, 3.63) is 29.8 Å². The number of ether oxygens (including phenoxy) is 2. The van der Waals surface area contributed by atoms with E-state index in [0.717, 1.165) is 44.6 Å². The average molecular weight is 343 g/mol. The van der Waals surface area contributed by atoms with E-state index in [1.54, 1.807) is 0 Å². The van der Waals surface area contributed by atoms with Crippen LogP contribution < -0.4 is 10.1 Å². The van der Waals surface area contributed by atoms with Crippen LogP contribution in [0.1, 0.15) is 50.5 Å². The minimum atomic E-state index is 0.221. The summed E-state index contributed by atoms with van der Waals surface area (Å²) in [5, 5.41) is 3.13. The second-order valence-corrected chi connectivity index (χ2v) is 7.94. The van der Waals surface area contributed by atoms with Crippen LogP contribution in [0.25, 0.3) is 0 Å². The third-order valence-electron chi connectivity index (χ3n) is 6.24. The highest BCUT2D eigenvalue weighted by Gasteiger charge is 2.57. The SMILES string of the molecule is O=C(NCCc1ccc(OC2CCCC2)cc1)[C@H]1CC12CCOCC2. The Bertz CT molecular complexity index is 586. The molecular weight excluding hydrogens is 314 g/mol. The number of nitrogens with one attached hydrogen (secondary N) is 1. The average Bonchev–Trinajstić information content (AvgIpc) is 3.07. The van der Waals surface area contributed by atoms with Crippen LogP contribution in [0.2, 0.25) is 0 Å². The van der Waals surface area contributed by atoms with E-state index in [4.69, 9.17) is 9.47 Å². The molecule has 4 rings (SSSR count). The molecule has 0 unspecified atom stereocenters. The quantitative estimate of drug-likeness (QED) is 0.860. The molecule has 136 valence electrons. The molecule has 0 radical (unpaired) electrons. The van der Waals surface area contributed by atoms with Gasteiger partial charge in [-0.1, -0.05) is 12.1 Å². The summed E-state index contributed by atoms with van der Waals surface area (Å²) < 4.78 is 11.4. The zero-order valence-electron chi connectivity index (χ0n) is 15.0. The van der Waals surface area contributed by atoms with Crippen LogP contribution in [0.3, 0.4) is 0 Å². The molecular formula is C21H29NO3. The van der Waals surface area contributed by atoms with E-state index in [0.29, 0.717) is 12.6 Å². The molecule has 1 N–H and O–H groups in total. The summed E-state index contributed by atoms with van der Waals surface area (Å²) in [7, 11) is 0. The number of carbonyl (C=O) groups excluding carboxylic acids is 1. The number of rotatable bonds is 6. The maximum absolute atomic E-state index is 12.3. The fourth-order valence-electron chi connectivity index (χ4n) is 4.44. The molecule has 0 aromatic heterocycles. The largest absolute Gasteiger partial charge is 0.490 e. The van der Waals surface area contributed by atoms with E-state index in [1.165, 1.54) is 31.2 Å². The van der Waals surface area contributed by atoms with Gasteiger partial charge in [-0.2, -0.15) is 0 Å². The third-order valence-corrected chi connectivity index (χ3v) is 6.24. The number of amides is 1. The Morgan fingerprint density at radius 3 is 2.60 bits per heavy atom. The van der Waals surface area contributed by atoms with E-state index in [1.807, 2.05) is 0 Å². The van der Waals surface area contributed by atoms with E-state index in [-0.39, 0.29) is 17.2 Å². The van der Waals surface area contributed by atoms with Crippen LogP contribution in [0, 0.1) is 11.3 Å². The van der Waals surface area contributed by atoms with Crippen molar-refractivity contribution in [2.24, 2.45) is 11.3 Å². The van der Waals surface area contributed by atoms with Crippen molar-refractivity contribution in [1.29, 1.82) is 0 Å². The van der Waals surface area contributed by atoms with Crippen molar-refractivity contribution in [2.75, 3.05) is 19.8 Å². The molecule has 1 amide bonds. The summed E-state index contributed by atoms with van der Waals surface area (Å²) in [6.07, 6.45) is 9.37. The van der Waals surface area contributed by atoms with E-state index >= 15 is 0 Å². The highest BCUT2D eigenvalue weighted by atomic mass is 16.5. The highest BCUT2D eigenvalue weighted by Crippen LogP contribution is 2.59. The Hall–Kier alpha value is -1.55. The summed E-state index contributed by atoms with van der Waals surface area (Å²) in [5.41, 5.74) is 1.51. The van der Waals surface area contributed by atoms with E-state index in [9.17, 15) is 4.79 Å². The first-order chi connectivity index (χ1) is 12.3. The Kier molecular flexibility index (Phi) is 4.98. The van der Waals surface area contributed by atoms with Gasteiger partial charge >= 0.3 is 0 Å². The molecule has 1 aliphatic heterocycles. The molecule has 3 fully saturated rings. The van der Waals surface area contributed by atoms with Crippen LogP contribution in [-0.4, -0.2) is 31.8 Å². The molecule has 1 saturated heterocycles. The summed E-state index contributed by atoms with van der Waals surface area (Å²) in [6, 6.07) is 8.36. The van der Waals surface area contributed by atoms with Gasteiger partial charge in [-0.05, 0) is 74.5 Å². The molecule has 4 heteroatoms. The molecule has 1 aromatic rings. The van der Waals surface area contributed by atoms with Crippen LogP contribution in [-0.2, 0) is 16.0 Å². The van der Waals surface area contributed by atoms with Gasteiger partial charge in [-0.15, -0.1) is 0 Å². The minimum Gasteiger partial charge on any atom is -0.490 e. The van der Waals surface area contributed by atoms with Gasteiger partial charge < -0.3 is 14.8 Å². The Morgan fingerprint density at radius 2 is 1.88 bits per heavy atom.